The summed E-state index contributed by atoms with van der Waals surface area (Å²) in [6.07, 6.45) is -3.88. The predicted molar refractivity (Wildman–Crippen MR) is 118 cm³/mol. The Bertz CT molecular complexity index is 917. The molecule has 2 N–H and O–H groups in total. The van der Waals surface area contributed by atoms with Crippen LogP contribution in [-0.2, 0) is 11.0 Å². The summed E-state index contributed by atoms with van der Waals surface area (Å²) in [6.45, 7) is 2.70. The second-order valence-corrected chi connectivity index (χ2v) is 7.60. The molecule has 0 atom stereocenters. The number of para-hydroxylation sites is 2. The summed E-state index contributed by atoms with van der Waals surface area (Å²) in [4.78, 5) is 28.0. The van der Waals surface area contributed by atoms with Gasteiger partial charge in [-0.15, -0.1) is 0 Å². The molecule has 2 aromatic carbocycles. The number of hydrogen-bond acceptors (Lipinski definition) is 4. The second kappa shape index (κ2) is 11.6. The molecule has 2 aromatic rings. The van der Waals surface area contributed by atoms with Crippen LogP contribution >= 0.6 is 0 Å². The van der Waals surface area contributed by atoms with Crippen molar-refractivity contribution in [3.8, 4) is 5.75 Å². The zero-order valence-corrected chi connectivity index (χ0v) is 18.1. The number of nitrogens with zero attached hydrogens (tertiary/aromatic N) is 2. The Kier molecular flexibility index (Phi) is 8.53. The summed E-state index contributed by atoms with van der Waals surface area (Å²) >= 11 is 0. The minimum atomic E-state index is -4.55. The molecular weight excluding hydrogens is 437 g/mol. The van der Waals surface area contributed by atoms with Crippen molar-refractivity contribution in [2.24, 2.45) is 0 Å². The first-order valence-electron chi connectivity index (χ1n) is 10.7. The van der Waals surface area contributed by atoms with E-state index < -0.39 is 17.6 Å². The highest BCUT2D eigenvalue weighted by atomic mass is 19.4. The van der Waals surface area contributed by atoms with E-state index in [4.69, 9.17) is 4.74 Å². The number of ether oxygens (including phenoxy) is 1. The number of urea groups is 1. The molecule has 0 unspecified atom stereocenters. The van der Waals surface area contributed by atoms with Crippen LogP contribution in [0.4, 0.5) is 23.7 Å². The Balaban J connectivity index is 1.34. The molecule has 1 aliphatic rings. The smallest absolute Gasteiger partial charge is 0.418 e. The third-order valence-corrected chi connectivity index (χ3v) is 5.14. The van der Waals surface area contributed by atoms with E-state index in [9.17, 15) is 22.8 Å². The lowest BCUT2D eigenvalue weighted by molar-refractivity contribution is -0.137. The number of piperazine rings is 1. The summed E-state index contributed by atoms with van der Waals surface area (Å²) in [5.41, 5.74) is -1.14. The van der Waals surface area contributed by atoms with Crippen LogP contribution in [0, 0.1) is 0 Å². The number of nitrogens with one attached hydrogen (secondary N) is 2. The molecule has 10 heteroatoms. The Morgan fingerprint density at radius 1 is 0.939 bits per heavy atom. The summed E-state index contributed by atoms with van der Waals surface area (Å²) in [6, 6.07) is 14.1. The van der Waals surface area contributed by atoms with Gasteiger partial charge >= 0.3 is 12.2 Å². The first-order chi connectivity index (χ1) is 15.8. The molecule has 0 aliphatic carbocycles. The molecule has 0 bridgehead atoms. The molecule has 1 saturated heterocycles. The summed E-state index contributed by atoms with van der Waals surface area (Å²) in [5.74, 6) is 0.258. The van der Waals surface area contributed by atoms with Crippen LogP contribution < -0.4 is 15.4 Å². The van der Waals surface area contributed by atoms with Crippen LogP contribution in [0.3, 0.4) is 0 Å². The fourth-order valence-electron chi connectivity index (χ4n) is 3.43. The van der Waals surface area contributed by atoms with E-state index in [0.29, 0.717) is 45.8 Å². The fraction of sp³-hybridized carbons (Fsp3) is 0.391. The van der Waals surface area contributed by atoms with Crippen LogP contribution in [-0.4, -0.2) is 67.6 Å². The Morgan fingerprint density at radius 2 is 1.61 bits per heavy atom. The van der Waals surface area contributed by atoms with Gasteiger partial charge in [0, 0.05) is 32.7 Å². The quantitative estimate of drug-likeness (QED) is 0.587. The standard InChI is InChI=1S/C23H27F3N4O3/c24-23(25,26)19-9-4-5-10-20(19)28-21(31)17-29-12-14-30(15-13-29)22(32)27-11-6-16-33-18-7-2-1-3-8-18/h1-5,7-10H,6,11-17H2,(H,27,32)(H,28,31). The largest absolute Gasteiger partial charge is 0.494 e. The number of benzene rings is 2. The third kappa shape index (κ3) is 7.67. The number of amides is 3. The maximum atomic E-state index is 13.1. The topological polar surface area (TPSA) is 73.9 Å². The predicted octanol–water partition coefficient (Wildman–Crippen LogP) is 3.44. The van der Waals surface area contributed by atoms with Crippen molar-refractivity contribution >= 4 is 17.6 Å². The van der Waals surface area contributed by atoms with Crippen molar-refractivity contribution in [3.05, 3.63) is 60.2 Å². The van der Waals surface area contributed by atoms with Crippen LogP contribution in [0.5, 0.6) is 5.75 Å². The minimum absolute atomic E-state index is 0.0432. The molecule has 0 saturated carbocycles. The number of hydrogen-bond donors (Lipinski definition) is 2. The lowest BCUT2D eigenvalue weighted by Crippen LogP contribution is -2.53. The van der Waals surface area contributed by atoms with Gasteiger partial charge in [-0.1, -0.05) is 30.3 Å². The maximum Gasteiger partial charge on any atom is 0.418 e. The van der Waals surface area contributed by atoms with Gasteiger partial charge in [-0.3, -0.25) is 9.69 Å². The van der Waals surface area contributed by atoms with Crippen LogP contribution in [0.1, 0.15) is 12.0 Å². The van der Waals surface area contributed by atoms with Gasteiger partial charge in [0.05, 0.1) is 24.4 Å². The molecule has 1 aliphatic heterocycles. The fourth-order valence-corrected chi connectivity index (χ4v) is 3.43. The van der Waals surface area contributed by atoms with E-state index >= 15 is 0 Å². The van der Waals surface area contributed by atoms with Gasteiger partial charge in [0.2, 0.25) is 5.91 Å². The number of carbonyl (C=O) groups is 2. The summed E-state index contributed by atoms with van der Waals surface area (Å²) < 4.78 is 44.8. The van der Waals surface area contributed by atoms with Gasteiger partial charge in [0.15, 0.2) is 0 Å². The molecule has 1 heterocycles. The van der Waals surface area contributed by atoms with Crippen LogP contribution in [0.25, 0.3) is 0 Å². The molecule has 7 nitrogen and oxygen atoms in total. The van der Waals surface area contributed by atoms with Gasteiger partial charge in [0.25, 0.3) is 0 Å². The molecule has 3 amide bonds. The van der Waals surface area contributed by atoms with Gasteiger partial charge in [-0.25, -0.2) is 4.79 Å². The van der Waals surface area contributed by atoms with Gasteiger partial charge in [-0.2, -0.15) is 13.2 Å². The van der Waals surface area contributed by atoms with Gasteiger partial charge in [-0.05, 0) is 30.7 Å². The SMILES string of the molecule is O=C(CN1CCN(C(=O)NCCCOc2ccccc2)CC1)Nc1ccccc1C(F)(F)F. The molecule has 33 heavy (non-hydrogen) atoms. The van der Waals surface area contributed by atoms with Crippen molar-refractivity contribution in [3.63, 3.8) is 0 Å². The molecule has 0 spiro atoms. The van der Waals surface area contributed by atoms with Gasteiger partial charge in [0.1, 0.15) is 5.75 Å². The number of carbonyl (C=O) groups excluding carboxylic acids is 2. The zero-order valence-electron chi connectivity index (χ0n) is 18.1. The molecule has 0 radical (unpaired) electrons. The average molecular weight is 464 g/mol. The monoisotopic (exact) mass is 464 g/mol. The van der Waals surface area contributed by atoms with Crippen LogP contribution in [0.15, 0.2) is 54.6 Å². The Hall–Kier alpha value is -3.27. The highest BCUT2D eigenvalue weighted by Gasteiger charge is 2.33. The van der Waals surface area contributed by atoms with Crippen LogP contribution in [0.2, 0.25) is 0 Å². The lowest BCUT2D eigenvalue weighted by Gasteiger charge is -2.34. The van der Waals surface area contributed by atoms with E-state index in [1.807, 2.05) is 35.2 Å². The zero-order chi connectivity index (χ0) is 23.7. The van der Waals surface area contributed by atoms with E-state index in [1.165, 1.54) is 18.2 Å². The second-order valence-electron chi connectivity index (χ2n) is 7.60. The van der Waals surface area contributed by atoms with E-state index in [1.54, 1.807) is 4.90 Å². The van der Waals surface area contributed by atoms with E-state index in [0.717, 1.165) is 11.8 Å². The van der Waals surface area contributed by atoms with Crippen molar-refractivity contribution in [1.29, 1.82) is 0 Å². The maximum absolute atomic E-state index is 13.1. The molecule has 3 rings (SSSR count). The summed E-state index contributed by atoms with van der Waals surface area (Å²) in [5, 5.41) is 5.19. The molecule has 0 aromatic heterocycles. The van der Waals surface area contributed by atoms with Crippen molar-refractivity contribution in [2.75, 3.05) is 51.2 Å². The first kappa shape index (κ1) is 24.4. The number of anilines is 1. The average Bonchev–Trinajstić information content (AvgIpc) is 2.79. The highest BCUT2D eigenvalue weighted by Crippen LogP contribution is 2.34. The molecule has 178 valence electrons. The van der Waals surface area contributed by atoms with Crippen molar-refractivity contribution in [1.82, 2.24) is 15.1 Å². The lowest BCUT2D eigenvalue weighted by atomic mass is 10.1. The highest BCUT2D eigenvalue weighted by molar-refractivity contribution is 5.93. The summed E-state index contributed by atoms with van der Waals surface area (Å²) in [7, 11) is 0. The Morgan fingerprint density at radius 3 is 2.30 bits per heavy atom. The van der Waals surface area contributed by atoms with Crippen molar-refractivity contribution < 1.29 is 27.5 Å². The molecule has 1 fully saturated rings. The van der Waals surface area contributed by atoms with Gasteiger partial charge < -0.3 is 20.3 Å². The number of halogens is 3. The number of rotatable bonds is 8. The minimum Gasteiger partial charge on any atom is -0.494 e. The third-order valence-electron chi connectivity index (χ3n) is 5.14. The number of alkyl halides is 3. The van der Waals surface area contributed by atoms with E-state index in [2.05, 4.69) is 10.6 Å². The normalized spacial score (nSPS) is 14.6. The van der Waals surface area contributed by atoms with Crippen molar-refractivity contribution in [2.45, 2.75) is 12.6 Å². The van der Waals surface area contributed by atoms with E-state index in [-0.39, 0.29) is 18.3 Å². The first-order valence-corrected chi connectivity index (χ1v) is 10.7. The Labute approximate surface area is 190 Å². The molecular formula is C23H27F3N4O3.